The minimum atomic E-state index is -1.12. The van der Waals surface area contributed by atoms with Gasteiger partial charge in [0.1, 0.15) is 6.04 Å². The molecular formula is C16H18N2O3S. The van der Waals surface area contributed by atoms with E-state index in [1.165, 1.54) is 0 Å². The van der Waals surface area contributed by atoms with Gasteiger partial charge >= 0.3 is 5.97 Å². The van der Waals surface area contributed by atoms with E-state index in [1.54, 1.807) is 0 Å². The zero-order valence-corrected chi connectivity index (χ0v) is 12.8. The van der Waals surface area contributed by atoms with Gasteiger partial charge in [0.25, 0.3) is 0 Å². The Morgan fingerprint density at radius 3 is 2.50 bits per heavy atom. The maximum atomic E-state index is 12.0. The smallest absolute Gasteiger partial charge is 0.327 e. The van der Waals surface area contributed by atoms with Crippen molar-refractivity contribution >= 4 is 35.3 Å². The Balaban J connectivity index is 2.04. The first-order valence-electron chi connectivity index (χ1n) is 6.88. The summed E-state index contributed by atoms with van der Waals surface area (Å²) in [5.74, 6) is -1.60. The first kappa shape index (κ1) is 16.3. The van der Waals surface area contributed by atoms with Crippen LogP contribution in [0.15, 0.2) is 42.5 Å². The average Bonchev–Trinajstić information content (AvgIpc) is 2.51. The van der Waals surface area contributed by atoms with E-state index in [1.807, 2.05) is 42.5 Å². The molecule has 5 nitrogen and oxygen atoms in total. The van der Waals surface area contributed by atoms with Crippen molar-refractivity contribution in [3.8, 4) is 0 Å². The number of aliphatic carboxylic acids is 1. The van der Waals surface area contributed by atoms with Gasteiger partial charge in [0.15, 0.2) is 0 Å². The van der Waals surface area contributed by atoms with E-state index in [4.69, 9.17) is 10.8 Å². The minimum absolute atomic E-state index is 0.0176. The van der Waals surface area contributed by atoms with Crippen molar-refractivity contribution < 1.29 is 14.7 Å². The molecule has 4 N–H and O–H groups in total. The quantitative estimate of drug-likeness (QED) is 0.602. The van der Waals surface area contributed by atoms with Crippen LogP contribution in [0.2, 0.25) is 0 Å². The molecule has 0 aliphatic rings. The zero-order valence-electron chi connectivity index (χ0n) is 11.9. The summed E-state index contributed by atoms with van der Waals surface area (Å²) < 4.78 is 0. The van der Waals surface area contributed by atoms with Gasteiger partial charge < -0.3 is 16.2 Å². The first-order valence-corrected chi connectivity index (χ1v) is 7.52. The summed E-state index contributed by atoms with van der Waals surface area (Å²) in [6.07, 6.45) is 0.343. The monoisotopic (exact) mass is 318 g/mol. The van der Waals surface area contributed by atoms with Crippen molar-refractivity contribution in [2.24, 2.45) is 5.73 Å². The van der Waals surface area contributed by atoms with Crippen LogP contribution in [0.3, 0.4) is 0 Å². The fraction of sp³-hybridized carbons (Fsp3) is 0.250. The number of rotatable bonds is 6. The minimum Gasteiger partial charge on any atom is -0.480 e. The molecular weight excluding hydrogens is 300 g/mol. The van der Waals surface area contributed by atoms with Gasteiger partial charge in [-0.3, -0.25) is 4.79 Å². The Hall–Kier alpha value is -2.05. The predicted octanol–water partition coefficient (Wildman–Crippen LogP) is 1.21. The number of nitrogens with one attached hydrogen (secondary N) is 1. The molecule has 0 saturated heterocycles. The van der Waals surface area contributed by atoms with Crippen LogP contribution in [-0.2, 0) is 16.0 Å². The van der Waals surface area contributed by atoms with Crippen molar-refractivity contribution in [3.63, 3.8) is 0 Å². The molecule has 0 aliphatic heterocycles. The van der Waals surface area contributed by atoms with E-state index in [0.29, 0.717) is 6.42 Å². The average molecular weight is 318 g/mol. The third kappa shape index (κ3) is 3.99. The normalized spacial score (nSPS) is 13.5. The molecule has 0 fully saturated rings. The third-order valence-corrected chi connectivity index (χ3v) is 3.77. The standard InChI is InChI=1S/C16H18N2O3S/c17-13(15(19)18-14(9-22)16(20)21)8-10-5-6-11-3-1-2-4-12(11)7-10/h1-7,13-14,22H,8-9,17H2,(H,18,19)(H,20,21)/t13-,14-/m0/s1. The summed E-state index contributed by atoms with van der Waals surface area (Å²) in [6.45, 7) is 0. The van der Waals surface area contributed by atoms with Crippen molar-refractivity contribution in [2.45, 2.75) is 18.5 Å². The van der Waals surface area contributed by atoms with Gasteiger partial charge in [-0.25, -0.2) is 4.79 Å². The van der Waals surface area contributed by atoms with Gasteiger partial charge in [0, 0.05) is 5.75 Å². The van der Waals surface area contributed by atoms with Gasteiger partial charge in [-0.1, -0.05) is 42.5 Å². The summed E-state index contributed by atoms with van der Waals surface area (Å²) in [7, 11) is 0. The Labute approximate surface area is 133 Å². The molecule has 0 bridgehead atoms. The van der Waals surface area contributed by atoms with E-state index in [-0.39, 0.29) is 5.75 Å². The summed E-state index contributed by atoms with van der Waals surface area (Å²) in [5.41, 5.74) is 6.80. The maximum absolute atomic E-state index is 12.0. The van der Waals surface area contributed by atoms with Crippen LogP contribution in [0.5, 0.6) is 0 Å². The SMILES string of the molecule is N[C@@H](Cc1ccc2ccccc2c1)C(=O)N[C@@H](CS)C(=O)O. The number of fused-ring (bicyclic) bond motifs is 1. The van der Waals surface area contributed by atoms with Gasteiger partial charge in [0.2, 0.25) is 5.91 Å². The molecule has 2 aromatic carbocycles. The molecule has 0 heterocycles. The van der Waals surface area contributed by atoms with Crippen molar-refractivity contribution in [1.82, 2.24) is 5.32 Å². The molecule has 0 spiro atoms. The lowest BCUT2D eigenvalue weighted by molar-refractivity contribution is -0.141. The molecule has 22 heavy (non-hydrogen) atoms. The summed E-state index contributed by atoms with van der Waals surface area (Å²) in [5, 5.41) is 13.5. The van der Waals surface area contributed by atoms with Gasteiger partial charge in [-0.15, -0.1) is 0 Å². The number of hydrogen-bond acceptors (Lipinski definition) is 4. The highest BCUT2D eigenvalue weighted by Crippen LogP contribution is 2.16. The molecule has 0 radical (unpaired) electrons. The van der Waals surface area contributed by atoms with Crippen LogP contribution >= 0.6 is 12.6 Å². The lowest BCUT2D eigenvalue weighted by Gasteiger charge is -2.16. The van der Waals surface area contributed by atoms with Gasteiger partial charge in [-0.05, 0) is 22.8 Å². The molecule has 2 aromatic rings. The van der Waals surface area contributed by atoms with E-state index in [2.05, 4.69) is 17.9 Å². The Morgan fingerprint density at radius 2 is 1.86 bits per heavy atom. The van der Waals surface area contributed by atoms with Crippen molar-refractivity contribution in [1.29, 1.82) is 0 Å². The van der Waals surface area contributed by atoms with E-state index >= 15 is 0 Å². The molecule has 0 aliphatic carbocycles. The van der Waals surface area contributed by atoms with E-state index in [9.17, 15) is 9.59 Å². The van der Waals surface area contributed by atoms with Gasteiger partial charge in [-0.2, -0.15) is 12.6 Å². The van der Waals surface area contributed by atoms with Crippen LogP contribution in [0, 0.1) is 0 Å². The molecule has 6 heteroatoms. The number of benzene rings is 2. The molecule has 0 unspecified atom stereocenters. The summed E-state index contributed by atoms with van der Waals surface area (Å²) in [6, 6.07) is 12.0. The van der Waals surface area contributed by atoms with Gasteiger partial charge in [0.05, 0.1) is 6.04 Å². The highest BCUT2D eigenvalue weighted by molar-refractivity contribution is 7.80. The second-order valence-electron chi connectivity index (χ2n) is 5.07. The second-order valence-corrected chi connectivity index (χ2v) is 5.44. The number of amides is 1. The van der Waals surface area contributed by atoms with Crippen LogP contribution in [0.4, 0.5) is 0 Å². The Bertz CT molecular complexity index is 690. The molecule has 0 saturated carbocycles. The van der Waals surface area contributed by atoms with Crippen molar-refractivity contribution in [2.75, 3.05) is 5.75 Å². The zero-order chi connectivity index (χ0) is 16.1. The first-order chi connectivity index (χ1) is 10.5. The predicted molar refractivity (Wildman–Crippen MR) is 89.0 cm³/mol. The topological polar surface area (TPSA) is 92.4 Å². The van der Waals surface area contributed by atoms with Crippen LogP contribution in [0.1, 0.15) is 5.56 Å². The lowest BCUT2D eigenvalue weighted by Crippen LogP contribution is -2.50. The van der Waals surface area contributed by atoms with E-state index in [0.717, 1.165) is 16.3 Å². The Morgan fingerprint density at radius 1 is 1.18 bits per heavy atom. The van der Waals surface area contributed by atoms with Crippen LogP contribution < -0.4 is 11.1 Å². The number of carbonyl (C=O) groups excluding carboxylic acids is 1. The van der Waals surface area contributed by atoms with Crippen molar-refractivity contribution in [3.05, 3.63) is 48.0 Å². The summed E-state index contributed by atoms with van der Waals surface area (Å²) >= 11 is 3.90. The number of hydrogen-bond donors (Lipinski definition) is 4. The second kappa shape index (κ2) is 7.29. The number of carboxylic acid groups (broad SMARTS) is 1. The highest BCUT2D eigenvalue weighted by atomic mass is 32.1. The number of carboxylic acids is 1. The number of nitrogens with two attached hydrogens (primary N) is 1. The lowest BCUT2D eigenvalue weighted by atomic mass is 10.0. The number of carbonyl (C=O) groups is 2. The van der Waals surface area contributed by atoms with E-state index < -0.39 is 24.0 Å². The molecule has 2 atom stereocenters. The fourth-order valence-electron chi connectivity index (χ4n) is 2.18. The largest absolute Gasteiger partial charge is 0.480 e. The third-order valence-electron chi connectivity index (χ3n) is 3.40. The molecule has 2 rings (SSSR count). The molecule has 116 valence electrons. The molecule has 0 aromatic heterocycles. The molecule has 1 amide bonds. The Kier molecular flexibility index (Phi) is 5.41. The van der Waals surface area contributed by atoms with Crippen LogP contribution in [-0.4, -0.2) is 34.8 Å². The maximum Gasteiger partial charge on any atom is 0.327 e. The summed E-state index contributed by atoms with van der Waals surface area (Å²) in [4.78, 5) is 22.8. The number of thiol groups is 1. The highest BCUT2D eigenvalue weighted by Gasteiger charge is 2.22. The fourth-order valence-corrected chi connectivity index (χ4v) is 2.42. The van der Waals surface area contributed by atoms with Crippen LogP contribution in [0.25, 0.3) is 10.8 Å².